The summed E-state index contributed by atoms with van der Waals surface area (Å²) in [5.74, 6) is 1.05. The third-order valence-electron chi connectivity index (χ3n) is 3.03. The lowest BCUT2D eigenvalue weighted by Crippen LogP contribution is -2.07. The number of nitrogens with zero attached hydrogens (tertiary/aromatic N) is 2. The fourth-order valence-corrected chi connectivity index (χ4v) is 3.19. The molecule has 2 aromatic heterocycles. The summed E-state index contributed by atoms with van der Waals surface area (Å²) in [5, 5.41) is 0.397. The van der Waals surface area contributed by atoms with Crippen LogP contribution in [0.15, 0.2) is 29.6 Å². The zero-order valence-electron chi connectivity index (χ0n) is 11.7. The molecule has 0 aromatic carbocycles. The number of methoxy groups -OCH3 is 1. The summed E-state index contributed by atoms with van der Waals surface area (Å²) >= 11 is 0. The van der Waals surface area contributed by atoms with E-state index in [9.17, 15) is 4.21 Å². The number of anilines is 1. The maximum absolute atomic E-state index is 12.4. The molecule has 1 unspecified atom stereocenters. The van der Waals surface area contributed by atoms with Crippen molar-refractivity contribution in [3.05, 3.63) is 41.3 Å². The van der Waals surface area contributed by atoms with Crippen molar-refractivity contribution in [2.75, 3.05) is 12.8 Å². The van der Waals surface area contributed by atoms with E-state index in [0.29, 0.717) is 10.7 Å². The maximum Gasteiger partial charge on any atom is 0.150 e. The van der Waals surface area contributed by atoms with Crippen LogP contribution < -0.4 is 10.5 Å². The Morgan fingerprint density at radius 1 is 1.35 bits per heavy atom. The van der Waals surface area contributed by atoms with Gasteiger partial charge in [0, 0.05) is 23.5 Å². The summed E-state index contributed by atoms with van der Waals surface area (Å²) < 4.78 is 17.7. The fraction of sp³-hybridized carbons (Fsp3) is 0.286. The highest BCUT2D eigenvalue weighted by Gasteiger charge is 2.15. The number of aromatic nitrogens is 2. The standard InChI is InChI=1S/C14H17N3O2S/c1-9-7-17-12(10(2)13(9)19-3)8-20(18)14-11(15)5-4-6-16-14/h4-7H,8,15H2,1-3H3. The van der Waals surface area contributed by atoms with E-state index in [4.69, 9.17) is 10.5 Å². The van der Waals surface area contributed by atoms with E-state index in [0.717, 1.165) is 22.6 Å². The Hall–Kier alpha value is -1.95. The zero-order valence-corrected chi connectivity index (χ0v) is 12.5. The normalized spacial score (nSPS) is 12.2. The van der Waals surface area contributed by atoms with Crippen molar-refractivity contribution >= 4 is 16.5 Å². The van der Waals surface area contributed by atoms with Gasteiger partial charge in [-0.2, -0.15) is 0 Å². The molecule has 0 aliphatic rings. The summed E-state index contributed by atoms with van der Waals surface area (Å²) in [6.45, 7) is 3.84. The first-order chi connectivity index (χ1) is 9.54. The highest BCUT2D eigenvalue weighted by atomic mass is 32.2. The van der Waals surface area contributed by atoms with Crippen LogP contribution in [-0.4, -0.2) is 21.3 Å². The van der Waals surface area contributed by atoms with Gasteiger partial charge in [-0.25, -0.2) is 4.98 Å². The lowest BCUT2D eigenvalue weighted by molar-refractivity contribution is 0.407. The summed E-state index contributed by atoms with van der Waals surface area (Å²) in [6.07, 6.45) is 3.31. The van der Waals surface area contributed by atoms with E-state index >= 15 is 0 Å². The predicted octanol–water partition coefficient (Wildman–Crippen LogP) is 1.99. The van der Waals surface area contributed by atoms with Crippen molar-refractivity contribution in [3.8, 4) is 5.75 Å². The minimum atomic E-state index is -1.33. The number of hydrogen-bond acceptors (Lipinski definition) is 5. The van der Waals surface area contributed by atoms with Crippen LogP contribution >= 0.6 is 0 Å². The summed E-state index contributed by atoms with van der Waals surface area (Å²) in [7, 11) is 0.291. The van der Waals surface area contributed by atoms with E-state index < -0.39 is 10.8 Å². The van der Waals surface area contributed by atoms with Crippen LogP contribution in [0.25, 0.3) is 0 Å². The Balaban J connectivity index is 2.32. The van der Waals surface area contributed by atoms with Crippen molar-refractivity contribution in [1.82, 2.24) is 9.97 Å². The molecule has 0 aliphatic carbocycles. The van der Waals surface area contributed by atoms with Gasteiger partial charge in [0.05, 0.1) is 35.0 Å². The van der Waals surface area contributed by atoms with Crippen LogP contribution in [0.3, 0.4) is 0 Å². The van der Waals surface area contributed by atoms with Crippen molar-refractivity contribution < 1.29 is 8.95 Å². The second kappa shape index (κ2) is 6.00. The Bertz CT molecular complexity index is 659. The minimum Gasteiger partial charge on any atom is -0.496 e. The molecule has 2 rings (SSSR count). The monoisotopic (exact) mass is 291 g/mol. The molecule has 0 amide bonds. The number of pyridine rings is 2. The fourth-order valence-electron chi connectivity index (χ4n) is 2.00. The summed E-state index contributed by atoms with van der Waals surface area (Å²) in [5.41, 5.74) is 8.81. The minimum absolute atomic E-state index is 0.268. The quantitative estimate of drug-likeness (QED) is 0.932. The average Bonchev–Trinajstić information content (AvgIpc) is 2.43. The zero-order chi connectivity index (χ0) is 14.7. The molecule has 5 nitrogen and oxygen atoms in total. The maximum atomic E-state index is 12.4. The molecule has 0 aliphatic heterocycles. The number of nitrogens with two attached hydrogens (primary N) is 1. The van der Waals surface area contributed by atoms with Gasteiger partial charge in [-0.15, -0.1) is 0 Å². The molecule has 0 saturated heterocycles. The van der Waals surface area contributed by atoms with Crippen molar-refractivity contribution in [3.63, 3.8) is 0 Å². The van der Waals surface area contributed by atoms with Gasteiger partial charge in [-0.05, 0) is 26.0 Å². The largest absolute Gasteiger partial charge is 0.496 e. The van der Waals surface area contributed by atoms with Crippen LogP contribution in [0, 0.1) is 13.8 Å². The van der Waals surface area contributed by atoms with Gasteiger partial charge >= 0.3 is 0 Å². The molecular formula is C14H17N3O2S. The second-order valence-electron chi connectivity index (χ2n) is 4.43. The lowest BCUT2D eigenvalue weighted by atomic mass is 10.1. The molecule has 0 fully saturated rings. The Morgan fingerprint density at radius 3 is 2.75 bits per heavy atom. The van der Waals surface area contributed by atoms with Gasteiger partial charge in [-0.3, -0.25) is 9.19 Å². The van der Waals surface area contributed by atoms with Crippen LogP contribution in [0.5, 0.6) is 5.75 Å². The number of hydrogen-bond donors (Lipinski definition) is 1. The van der Waals surface area contributed by atoms with Gasteiger partial charge in [-0.1, -0.05) is 0 Å². The molecule has 2 heterocycles. The predicted molar refractivity (Wildman–Crippen MR) is 79.0 cm³/mol. The highest BCUT2D eigenvalue weighted by molar-refractivity contribution is 7.84. The summed E-state index contributed by atoms with van der Waals surface area (Å²) in [4.78, 5) is 8.42. The van der Waals surface area contributed by atoms with Crippen LogP contribution in [0.4, 0.5) is 5.69 Å². The van der Waals surface area contributed by atoms with E-state index in [1.54, 1.807) is 31.6 Å². The third-order valence-corrected chi connectivity index (χ3v) is 4.34. The smallest absolute Gasteiger partial charge is 0.150 e. The number of aryl methyl sites for hydroxylation is 1. The van der Waals surface area contributed by atoms with Crippen LogP contribution in [0.2, 0.25) is 0 Å². The number of rotatable bonds is 4. The first-order valence-electron chi connectivity index (χ1n) is 6.12. The van der Waals surface area contributed by atoms with E-state index in [-0.39, 0.29) is 5.75 Å². The van der Waals surface area contributed by atoms with Crippen molar-refractivity contribution in [2.45, 2.75) is 24.6 Å². The SMILES string of the molecule is COc1c(C)cnc(CS(=O)c2ncccc2N)c1C. The first kappa shape index (κ1) is 14.5. The molecule has 0 saturated carbocycles. The molecule has 0 spiro atoms. The lowest BCUT2D eigenvalue weighted by Gasteiger charge is -2.12. The van der Waals surface area contributed by atoms with E-state index in [1.165, 1.54) is 0 Å². The molecule has 2 N–H and O–H groups in total. The van der Waals surface area contributed by atoms with Crippen LogP contribution in [-0.2, 0) is 16.6 Å². The van der Waals surface area contributed by atoms with Gasteiger partial charge in [0.25, 0.3) is 0 Å². The van der Waals surface area contributed by atoms with E-state index in [1.807, 2.05) is 13.8 Å². The Kier molecular flexibility index (Phi) is 4.34. The number of nitrogen functional groups attached to an aromatic ring is 1. The average molecular weight is 291 g/mol. The molecule has 0 radical (unpaired) electrons. The highest BCUT2D eigenvalue weighted by Crippen LogP contribution is 2.26. The first-order valence-corrected chi connectivity index (χ1v) is 7.44. The molecule has 2 aromatic rings. The van der Waals surface area contributed by atoms with Gasteiger partial charge in [0.1, 0.15) is 10.8 Å². The van der Waals surface area contributed by atoms with Gasteiger partial charge < -0.3 is 10.5 Å². The van der Waals surface area contributed by atoms with Gasteiger partial charge in [0.2, 0.25) is 0 Å². The molecule has 0 bridgehead atoms. The molecular weight excluding hydrogens is 274 g/mol. The second-order valence-corrected chi connectivity index (χ2v) is 5.80. The number of ether oxygens (including phenoxy) is 1. The Labute approximate surface area is 120 Å². The van der Waals surface area contributed by atoms with E-state index in [2.05, 4.69) is 9.97 Å². The molecule has 1 atom stereocenters. The topological polar surface area (TPSA) is 78.1 Å². The molecule has 106 valence electrons. The molecule has 20 heavy (non-hydrogen) atoms. The van der Waals surface area contributed by atoms with Gasteiger partial charge in [0.15, 0.2) is 0 Å². The van der Waals surface area contributed by atoms with Crippen molar-refractivity contribution in [2.24, 2.45) is 0 Å². The Morgan fingerprint density at radius 2 is 2.10 bits per heavy atom. The van der Waals surface area contributed by atoms with Crippen LogP contribution in [0.1, 0.15) is 16.8 Å². The third kappa shape index (κ3) is 2.80. The van der Waals surface area contributed by atoms with Crippen molar-refractivity contribution in [1.29, 1.82) is 0 Å². The summed E-state index contributed by atoms with van der Waals surface area (Å²) in [6, 6.07) is 3.41. The molecule has 6 heteroatoms.